The van der Waals surface area contributed by atoms with E-state index in [0.717, 1.165) is 11.9 Å². The number of benzene rings is 1. The summed E-state index contributed by atoms with van der Waals surface area (Å²) in [5, 5.41) is 5.82. The number of nitrogens with one attached hydrogen (secondary N) is 2. The van der Waals surface area contributed by atoms with Gasteiger partial charge in [0.25, 0.3) is 5.91 Å². The first-order chi connectivity index (χ1) is 15.7. The average Bonchev–Trinajstić information content (AvgIpc) is 3.33. The molecule has 1 aromatic carbocycles. The van der Waals surface area contributed by atoms with Gasteiger partial charge in [0.1, 0.15) is 17.1 Å². The number of imide groups is 1. The van der Waals surface area contributed by atoms with Gasteiger partial charge in [-0.15, -0.1) is 0 Å². The molecule has 0 atom stereocenters. The smallest absolute Gasteiger partial charge is 0.325 e. The fourth-order valence-corrected chi connectivity index (χ4v) is 4.17. The summed E-state index contributed by atoms with van der Waals surface area (Å²) >= 11 is 1.22. The minimum atomic E-state index is -0.955. The van der Waals surface area contributed by atoms with Crippen LogP contribution in [-0.4, -0.2) is 57.5 Å². The molecule has 4 rings (SSSR count). The minimum absolute atomic E-state index is 0.0816. The molecule has 3 amide bonds. The predicted octanol–water partition coefficient (Wildman–Crippen LogP) is 3.39. The summed E-state index contributed by atoms with van der Waals surface area (Å²) in [5.41, 5.74) is -0.142. The summed E-state index contributed by atoms with van der Waals surface area (Å²) in [6.45, 7) is 3.80. The molecule has 33 heavy (non-hydrogen) atoms. The average molecular weight is 474 g/mol. The highest BCUT2D eigenvalue weighted by Gasteiger charge is 2.45. The van der Waals surface area contributed by atoms with Crippen molar-refractivity contribution < 1.29 is 18.4 Å². The highest BCUT2D eigenvalue weighted by atomic mass is 32.1. The fourth-order valence-electron chi connectivity index (χ4n) is 3.28. The zero-order valence-electron chi connectivity index (χ0n) is 18.1. The summed E-state index contributed by atoms with van der Waals surface area (Å²) in [7, 11) is 1.78. The van der Waals surface area contributed by atoms with E-state index in [0.29, 0.717) is 10.0 Å². The van der Waals surface area contributed by atoms with Gasteiger partial charge in [0, 0.05) is 32.0 Å². The second-order valence-corrected chi connectivity index (χ2v) is 8.84. The van der Waals surface area contributed by atoms with E-state index in [4.69, 9.17) is 0 Å². The SMILES string of the molecule is CN(c1ccc(F)cc1)c1ncc(-c2nc(NCCN3C(=O)NC(=O)C3(C)C)ncc2F)s1. The second-order valence-electron chi connectivity index (χ2n) is 7.83. The molecule has 0 bridgehead atoms. The van der Waals surface area contributed by atoms with E-state index in [1.807, 2.05) is 0 Å². The summed E-state index contributed by atoms with van der Waals surface area (Å²) in [6.07, 6.45) is 2.57. The molecule has 12 heteroatoms. The maximum absolute atomic E-state index is 14.5. The Labute approximate surface area is 192 Å². The van der Waals surface area contributed by atoms with E-state index in [9.17, 15) is 18.4 Å². The Bertz CT molecular complexity index is 1200. The van der Waals surface area contributed by atoms with Crippen molar-refractivity contribution in [3.8, 4) is 10.6 Å². The maximum Gasteiger partial charge on any atom is 0.325 e. The lowest BCUT2D eigenvalue weighted by atomic mass is 10.0. The van der Waals surface area contributed by atoms with Gasteiger partial charge < -0.3 is 15.1 Å². The van der Waals surface area contributed by atoms with E-state index in [1.54, 1.807) is 37.9 Å². The van der Waals surface area contributed by atoms with Crippen molar-refractivity contribution in [1.82, 2.24) is 25.2 Å². The Morgan fingerprint density at radius 2 is 1.88 bits per heavy atom. The number of thiazole rings is 1. The molecule has 2 aromatic heterocycles. The molecule has 0 aliphatic carbocycles. The van der Waals surface area contributed by atoms with Crippen LogP contribution in [0.2, 0.25) is 0 Å². The Kier molecular flexibility index (Phi) is 5.93. The zero-order valence-corrected chi connectivity index (χ0v) is 18.9. The number of halogens is 2. The highest BCUT2D eigenvalue weighted by molar-refractivity contribution is 7.18. The van der Waals surface area contributed by atoms with Gasteiger partial charge in [-0.25, -0.2) is 28.5 Å². The van der Waals surface area contributed by atoms with Gasteiger partial charge >= 0.3 is 6.03 Å². The molecule has 2 N–H and O–H groups in total. The van der Waals surface area contributed by atoms with Crippen LogP contribution in [0.15, 0.2) is 36.7 Å². The van der Waals surface area contributed by atoms with Crippen molar-refractivity contribution in [3.05, 3.63) is 48.3 Å². The molecule has 1 saturated heterocycles. The number of carbonyl (C=O) groups excluding carboxylic acids is 2. The number of hydrogen-bond donors (Lipinski definition) is 2. The fraction of sp³-hybridized carbons (Fsp3) is 0.286. The third kappa shape index (κ3) is 4.46. The van der Waals surface area contributed by atoms with E-state index < -0.39 is 17.4 Å². The van der Waals surface area contributed by atoms with E-state index in [2.05, 4.69) is 25.6 Å². The zero-order chi connectivity index (χ0) is 23.8. The van der Waals surface area contributed by atoms with Crippen molar-refractivity contribution in [2.24, 2.45) is 0 Å². The topological polar surface area (TPSA) is 103 Å². The van der Waals surface area contributed by atoms with Gasteiger partial charge in [-0.05, 0) is 38.1 Å². The van der Waals surface area contributed by atoms with Crippen molar-refractivity contribution >= 4 is 40.0 Å². The Morgan fingerprint density at radius 3 is 2.55 bits per heavy atom. The van der Waals surface area contributed by atoms with Gasteiger partial charge in [0.2, 0.25) is 5.95 Å². The monoisotopic (exact) mass is 473 g/mol. The Balaban J connectivity index is 1.46. The quantitative estimate of drug-likeness (QED) is 0.507. The number of rotatable bonds is 7. The van der Waals surface area contributed by atoms with E-state index in [-0.39, 0.29) is 36.5 Å². The minimum Gasteiger partial charge on any atom is -0.352 e. The highest BCUT2D eigenvalue weighted by Crippen LogP contribution is 2.34. The maximum atomic E-state index is 14.5. The second kappa shape index (κ2) is 8.70. The number of aromatic nitrogens is 3. The number of carbonyl (C=O) groups is 2. The lowest BCUT2D eigenvalue weighted by Crippen LogP contribution is -2.46. The number of amides is 3. The first-order valence-corrected chi connectivity index (χ1v) is 10.8. The third-order valence-electron chi connectivity index (χ3n) is 5.29. The third-order valence-corrected chi connectivity index (χ3v) is 6.37. The summed E-state index contributed by atoms with van der Waals surface area (Å²) in [5.74, 6) is -1.13. The van der Waals surface area contributed by atoms with Crippen LogP contribution in [0, 0.1) is 11.6 Å². The molecular weight excluding hydrogens is 452 g/mol. The summed E-state index contributed by atoms with van der Waals surface area (Å²) in [6, 6.07) is 5.49. The van der Waals surface area contributed by atoms with Gasteiger partial charge in [-0.1, -0.05) is 11.3 Å². The van der Waals surface area contributed by atoms with Crippen LogP contribution in [0.4, 0.5) is 30.3 Å². The van der Waals surface area contributed by atoms with E-state index in [1.165, 1.54) is 34.6 Å². The van der Waals surface area contributed by atoms with Crippen molar-refractivity contribution in [2.75, 3.05) is 30.4 Å². The van der Waals surface area contributed by atoms with Gasteiger partial charge in [0.05, 0.1) is 11.1 Å². The van der Waals surface area contributed by atoms with E-state index >= 15 is 0 Å². The molecule has 3 heterocycles. The van der Waals surface area contributed by atoms with Crippen LogP contribution >= 0.6 is 11.3 Å². The van der Waals surface area contributed by atoms with Crippen molar-refractivity contribution in [1.29, 1.82) is 0 Å². The molecule has 0 unspecified atom stereocenters. The molecule has 0 saturated carbocycles. The predicted molar refractivity (Wildman–Crippen MR) is 120 cm³/mol. The molecule has 172 valence electrons. The Hall–Kier alpha value is -3.67. The number of nitrogens with zero attached hydrogens (tertiary/aromatic N) is 5. The lowest BCUT2D eigenvalue weighted by molar-refractivity contribution is -0.125. The van der Waals surface area contributed by atoms with Crippen LogP contribution in [0.5, 0.6) is 0 Å². The Morgan fingerprint density at radius 1 is 1.15 bits per heavy atom. The molecule has 0 radical (unpaired) electrons. The largest absolute Gasteiger partial charge is 0.352 e. The number of hydrogen-bond acceptors (Lipinski definition) is 8. The molecule has 1 aliphatic rings. The molecular formula is C21H21F2N7O2S. The van der Waals surface area contributed by atoms with Crippen molar-refractivity contribution in [3.63, 3.8) is 0 Å². The summed E-state index contributed by atoms with van der Waals surface area (Å²) < 4.78 is 27.6. The van der Waals surface area contributed by atoms with Gasteiger partial charge in [-0.2, -0.15) is 0 Å². The molecule has 9 nitrogen and oxygen atoms in total. The molecule has 1 aliphatic heterocycles. The van der Waals surface area contributed by atoms with Crippen LogP contribution < -0.4 is 15.5 Å². The van der Waals surface area contributed by atoms with Crippen LogP contribution in [0.1, 0.15) is 13.8 Å². The van der Waals surface area contributed by atoms with Crippen LogP contribution in [0.3, 0.4) is 0 Å². The number of anilines is 3. The normalized spacial score (nSPS) is 15.0. The summed E-state index contributed by atoms with van der Waals surface area (Å²) in [4.78, 5) is 40.0. The lowest BCUT2D eigenvalue weighted by Gasteiger charge is -2.27. The van der Waals surface area contributed by atoms with Gasteiger partial charge in [0.15, 0.2) is 10.9 Å². The number of urea groups is 1. The van der Waals surface area contributed by atoms with Crippen LogP contribution in [0.25, 0.3) is 10.6 Å². The van der Waals surface area contributed by atoms with Crippen LogP contribution in [-0.2, 0) is 4.79 Å². The molecule has 1 fully saturated rings. The van der Waals surface area contributed by atoms with Crippen molar-refractivity contribution in [2.45, 2.75) is 19.4 Å². The first-order valence-electron chi connectivity index (χ1n) is 10.0. The van der Waals surface area contributed by atoms with Gasteiger partial charge in [-0.3, -0.25) is 10.1 Å². The molecule has 0 spiro atoms. The first kappa shape index (κ1) is 22.5. The standard InChI is InChI=1S/C21H21F2N7O2S/c1-21(2)17(31)28-19(32)30(21)9-8-24-18-25-10-14(23)16(27-18)15-11-26-20(33-15)29(3)13-6-4-12(22)5-7-13/h4-7,10-11H,8-9H2,1-3H3,(H,24,25,27)(H,28,31,32). The molecule has 3 aromatic rings.